The summed E-state index contributed by atoms with van der Waals surface area (Å²) in [5, 5.41) is 10.0. The average molecular weight is 428 g/mol. The van der Waals surface area contributed by atoms with Gasteiger partial charge < -0.3 is 20.5 Å². The quantitative estimate of drug-likeness (QED) is 0.622. The first-order valence-corrected chi connectivity index (χ1v) is 12.2. The van der Waals surface area contributed by atoms with E-state index in [9.17, 15) is 9.67 Å². The summed E-state index contributed by atoms with van der Waals surface area (Å²) in [4.78, 5) is 5.52. The Morgan fingerprint density at radius 2 is 2.00 bits per heavy atom. The molecule has 6 rings (SSSR count). The molecule has 0 amide bonds. The molecule has 0 aromatic carbocycles. The second-order valence-corrected chi connectivity index (χ2v) is 10.8. The van der Waals surface area contributed by atoms with Gasteiger partial charge in [-0.05, 0) is 62.4 Å². The van der Waals surface area contributed by atoms with Gasteiger partial charge in [-0.2, -0.15) is 0 Å². The first-order chi connectivity index (χ1) is 13.5. The van der Waals surface area contributed by atoms with Crippen molar-refractivity contribution in [3.05, 3.63) is 12.3 Å². The lowest BCUT2D eigenvalue weighted by Gasteiger charge is -2.53. The first-order valence-electron chi connectivity index (χ1n) is 10.0. The van der Waals surface area contributed by atoms with Gasteiger partial charge in [0.15, 0.2) is 0 Å². The summed E-state index contributed by atoms with van der Waals surface area (Å²) >= 11 is 1.56. The van der Waals surface area contributed by atoms with Crippen LogP contribution in [0.4, 0.5) is 0 Å². The van der Waals surface area contributed by atoms with Gasteiger partial charge in [-0.25, -0.2) is 4.99 Å². The number of hydrogen-bond donors (Lipinski definition) is 2. The molecule has 0 aromatic rings. The molecule has 0 radical (unpaired) electrons. The van der Waals surface area contributed by atoms with Crippen molar-refractivity contribution in [1.29, 1.82) is 0 Å². The van der Waals surface area contributed by atoms with Gasteiger partial charge in [0.05, 0.1) is 0 Å². The van der Waals surface area contributed by atoms with E-state index in [1.54, 1.807) is 28.9 Å². The zero-order valence-electron chi connectivity index (χ0n) is 15.7. The minimum absolute atomic E-state index is 0.196. The van der Waals surface area contributed by atoms with E-state index in [0.29, 0.717) is 5.75 Å². The summed E-state index contributed by atoms with van der Waals surface area (Å²) in [7, 11) is -2.16. The van der Waals surface area contributed by atoms with E-state index in [-0.39, 0.29) is 29.7 Å². The van der Waals surface area contributed by atoms with E-state index in [4.69, 9.17) is 19.5 Å². The number of ether oxygens (including phenoxy) is 1. The normalized spacial score (nSPS) is 44.8. The van der Waals surface area contributed by atoms with Crippen molar-refractivity contribution in [3.8, 4) is 0 Å². The van der Waals surface area contributed by atoms with E-state index >= 15 is 0 Å². The third kappa shape index (κ3) is 3.85. The van der Waals surface area contributed by atoms with Crippen LogP contribution in [-0.4, -0.2) is 51.8 Å². The standard InChI is InChI=1S/C18H27N3O5PS/c19-14-1-2-21(17(22)20-14)15-10-28-16(25-15)9-24-27(23)26-18-6-11-3-12(7-18)5-13(4-11)8-18/h1-2,11-13,15-17,22H,3-10H2,(H2,19,20)/q+1/t11?,12?,13?,15-,16+,17?,18?/m1/s1. The molecule has 5 fully saturated rings. The fourth-order valence-corrected chi connectivity index (χ4v) is 7.82. The second-order valence-electron chi connectivity index (χ2n) is 8.73. The maximum atomic E-state index is 12.5. The molecule has 28 heavy (non-hydrogen) atoms. The average Bonchev–Trinajstić information content (AvgIpc) is 3.07. The van der Waals surface area contributed by atoms with Crippen LogP contribution in [0.15, 0.2) is 17.3 Å². The van der Waals surface area contributed by atoms with Gasteiger partial charge in [-0.3, -0.25) is 0 Å². The number of aliphatic imine (C=N–C) groups is 1. The molecule has 2 heterocycles. The van der Waals surface area contributed by atoms with Crippen LogP contribution in [-0.2, 0) is 18.3 Å². The predicted octanol–water partition coefficient (Wildman–Crippen LogP) is 2.52. The van der Waals surface area contributed by atoms with Gasteiger partial charge in [-0.1, -0.05) is 0 Å². The molecule has 6 aliphatic rings. The molecule has 0 spiro atoms. The second kappa shape index (κ2) is 7.52. The SMILES string of the molecule is NC1=NC(O)N([C@H]2CS[C@@H](CO[P+](=O)OC34CC5CC(CC(C5)C3)C4)O2)C=C1. The zero-order valence-corrected chi connectivity index (χ0v) is 17.4. The minimum Gasteiger partial charge on any atom is -0.384 e. The highest BCUT2D eigenvalue weighted by molar-refractivity contribution is 8.00. The third-order valence-corrected chi connectivity index (χ3v) is 8.57. The number of nitrogens with two attached hydrogens (primary N) is 1. The molecule has 2 unspecified atom stereocenters. The summed E-state index contributed by atoms with van der Waals surface area (Å²) in [6, 6.07) is 0. The highest BCUT2D eigenvalue weighted by Gasteiger charge is 2.56. The predicted molar refractivity (Wildman–Crippen MR) is 105 cm³/mol. The molecular weight excluding hydrogens is 401 g/mol. The lowest BCUT2D eigenvalue weighted by atomic mass is 9.54. The van der Waals surface area contributed by atoms with Crippen LogP contribution in [0.5, 0.6) is 0 Å². The van der Waals surface area contributed by atoms with Crippen molar-refractivity contribution in [2.24, 2.45) is 28.5 Å². The van der Waals surface area contributed by atoms with E-state index in [0.717, 1.165) is 37.0 Å². The van der Waals surface area contributed by atoms with Crippen LogP contribution in [0, 0.1) is 17.8 Å². The molecule has 4 saturated carbocycles. The number of hydrogen-bond acceptors (Lipinski definition) is 9. The van der Waals surface area contributed by atoms with E-state index in [1.165, 1.54) is 19.3 Å². The molecule has 4 atom stereocenters. The number of nitrogens with zero attached hydrogens (tertiary/aromatic N) is 2. The van der Waals surface area contributed by atoms with Crippen molar-refractivity contribution in [3.63, 3.8) is 0 Å². The molecule has 10 heteroatoms. The zero-order chi connectivity index (χ0) is 19.3. The van der Waals surface area contributed by atoms with Crippen LogP contribution in [0.25, 0.3) is 0 Å². The molecule has 2 aliphatic heterocycles. The Kier molecular flexibility index (Phi) is 5.18. The molecular formula is C18H27N3O5PS+. The van der Waals surface area contributed by atoms with Gasteiger partial charge in [0.25, 0.3) is 0 Å². The summed E-state index contributed by atoms with van der Waals surface area (Å²) in [6.45, 7) is 0.196. The van der Waals surface area contributed by atoms with Crippen molar-refractivity contribution < 1.29 is 23.5 Å². The van der Waals surface area contributed by atoms with Crippen LogP contribution in [0.2, 0.25) is 0 Å². The number of thioether (sulfide) groups is 1. The topological polar surface area (TPSA) is 107 Å². The van der Waals surface area contributed by atoms with Crippen molar-refractivity contribution >= 4 is 25.9 Å². The number of aliphatic hydroxyl groups excluding tert-OH is 1. The Balaban J connectivity index is 1.10. The highest BCUT2D eigenvalue weighted by atomic mass is 32.2. The third-order valence-electron chi connectivity index (χ3n) is 6.58. The van der Waals surface area contributed by atoms with Crippen LogP contribution < -0.4 is 5.73 Å². The maximum absolute atomic E-state index is 12.5. The molecule has 1 saturated heterocycles. The molecule has 3 N–H and O–H groups in total. The Bertz CT molecular complexity index is 669. The monoisotopic (exact) mass is 428 g/mol. The number of rotatable bonds is 6. The number of aliphatic hydroxyl groups is 1. The van der Waals surface area contributed by atoms with Gasteiger partial charge in [0.2, 0.25) is 6.35 Å². The van der Waals surface area contributed by atoms with E-state index < -0.39 is 14.6 Å². The lowest BCUT2D eigenvalue weighted by molar-refractivity contribution is -0.113. The van der Waals surface area contributed by atoms with Crippen molar-refractivity contribution in [2.75, 3.05) is 12.4 Å². The van der Waals surface area contributed by atoms with Crippen molar-refractivity contribution in [2.45, 2.75) is 62.1 Å². The fraction of sp³-hybridized carbons (Fsp3) is 0.833. The Labute approximate surface area is 169 Å². The summed E-state index contributed by atoms with van der Waals surface area (Å²) in [5.41, 5.74) is 5.10. The van der Waals surface area contributed by atoms with E-state index in [2.05, 4.69) is 4.99 Å². The summed E-state index contributed by atoms with van der Waals surface area (Å²) in [6.07, 6.45) is 8.98. The summed E-state index contributed by atoms with van der Waals surface area (Å²) < 4.78 is 30.0. The molecule has 0 aromatic heterocycles. The van der Waals surface area contributed by atoms with Gasteiger partial charge in [-0.15, -0.1) is 20.8 Å². The van der Waals surface area contributed by atoms with Crippen LogP contribution in [0.1, 0.15) is 38.5 Å². The maximum Gasteiger partial charge on any atom is 0.698 e. The highest BCUT2D eigenvalue weighted by Crippen LogP contribution is 2.59. The van der Waals surface area contributed by atoms with Gasteiger partial charge in [0.1, 0.15) is 29.7 Å². The Hall–Kier alpha value is -0.700. The van der Waals surface area contributed by atoms with Crippen molar-refractivity contribution in [1.82, 2.24) is 4.90 Å². The molecule has 154 valence electrons. The van der Waals surface area contributed by atoms with Crippen LogP contribution >= 0.6 is 20.0 Å². The lowest BCUT2D eigenvalue weighted by Crippen LogP contribution is -2.51. The Morgan fingerprint density at radius 1 is 1.32 bits per heavy atom. The van der Waals surface area contributed by atoms with E-state index in [1.807, 2.05) is 0 Å². The summed E-state index contributed by atoms with van der Waals surface area (Å²) in [5.74, 6) is 3.16. The minimum atomic E-state index is -2.16. The fourth-order valence-electron chi connectivity index (χ4n) is 5.86. The molecule has 4 bridgehead atoms. The van der Waals surface area contributed by atoms with Crippen LogP contribution in [0.3, 0.4) is 0 Å². The molecule has 4 aliphatic carbocycles. The first kappa shape index (κ1) is 19.3. The number of amidine groups is 1. The van der Waals surface area contributed by atoms with Gasteiger partial charge in [0, 0.05) is 16.5 Å². The molecule has 8 nitrogen and oxygen atoms in total. The smallest absolute Gasteiger partial charge is 0.384 e. The Morgan fingerprint density at radius 3 is 2.64 bits per heavy atom. The van der Waals surface area contributed by atoms with Gasteiger partial charge >= 0.3 is 8.25 Å². The largest absolute Gasteiger partial charge is 0.698 e.